The second kappa shape index (κ2) is 14.3. The fraction of sp³-hybridized carbons (Fsp3) is 0.586. The lowest BCUT2D eigenvalue weighted by atomic mass is 10.1. The summed E-state index contributed by atoms with van der Waals surface area (Å²) in [6, 6.07) is 9.93. The summed E-state index contributed by atoms with van der Waals surface area (Å²) in [5.74, 6) is 0.0556. The van der Waals surface area contributed by atoms with E-state index in [1.54, 1.807) is 35.9 Å². The maximum atomic E-state index is 12.8. The third kappa shape index (κ3) is 8.75. The van der Waals surface area contributed by atoms with E-state index in [1.807, 2.05) is 12.1 Å². The molecule has 2 aliphatic rings. The first-order valence-electron chi connectivity index (χ1n) is 14.2. The molecule has 2 saturated heterocycles. The van der Waals surface area contributed by atoms with E-state index in [0.717, 1.165) is 31.7 Å². The molecule has 11 nitrogen and oxygen atoms in total. The van der Waals surface area contributed by atoms with Crippen LogP contribution in [-0.4, -0.2) is 113 Å². The Balaban J connectivity index is 0.00000462. The van der Waals surface area contributed by atoms with Crippen molar-refractivity contribution in [2.24, 2.45) is 5.73 Å². The Labute approximate surface area is 249 Å². The number of piperazine rings is 1. The van der Waals surface area contributed by atoms with E-state index in [4.69, 9.17) is 5.73 Å². The van der Waals surface area contributed by atoms with Gasteiger partial charge in [0.05, 0.1) is 11.2 Å². The minimum atomic E-state index is -0.943. The molecule has 2 fully saturated rings. The summed E-state index contributed by atoms with van der Waals surface area (Å²) >= 11 is 0. The molecule has 2 aromatic rings. The average Bonchev–Trinajstić information content (AvgIpc) is 3.18. The zero-order valence-electron chi connectivity index (χ0n) is 24.7. The number of carbonyl (C=O) groups is 2. The Morgan fingerprint density at radius 3 is 2.27 bits per heavy atom. The second-order valence-electron chi connectivity index (χ2n) is 11.7. The van der Waals surface area contributed by atoms with E-state index in [1.165, 1.54) is 29.4 Å². The van der Waals surface area contributed by atoms with Gasteiger partial charge in [0, 0.05) is 45.0 Å². The van der Waals surface area contributed by atoms with Crippen molar-refractivity contribution in [2.45, 2.75) is 51.1 Å². The Bertz CT molecular complexity index is 1220. The number of likely N-dealkylation sites (tertiary alicyclic amines) is 1. The van der Waals surface area contributed by atoms with E-state index >= 15 is 0 Å². The Morgan fingerprint density at radius 1 is 1.00 bits per heavy atom. The molecule has 226 valence electrons. The van der Waals surface area contributed by atoms with Gasteiger partial charge in [-0.2, -0.15) is 4.98 Å². The molecule has 41 heavy (non-hydrogen) atoms. The zero-order valence-corrected chi connectivity index (χ0v) is 25.5. The fourth-order valence-corrected chi connectivity index (χ4v) is 5.37. The smallest absolute Gasteiger partial charge is 0.338 e. The lowest BCUT2D eigenvalue weighted by Crippen LogP contribution is -2.58. The SMILES string of the molecule is CN(C)C1CCCN(CCc2ccc(-n3ccc(NC(=O)N4CCN(C(=O)C(C)(C)N)CC4)nc3=O)cc2)CC1.Cl. The van der Waals surface area contributed by atoms with Crippen LogP contribution in [0.4, 0.5) is 10.6 Å². The van der Waals surface area contributed by atoms with Gasteiger partial charge in [0.2, 0.25) is 5.91 Å². The molecular weight excluding hydrogens is 544 g/mol. The number of aromatic nitrogens is 2. The minimum absolute atomic E-state index is 0. The number of nitrogens with zero attached hydrogens (tertiary/aromatic N) is 6. The van der Waals surface area contributed by atoms with Gasteiger partial charge in [0.1, 0.15) is 5.82 Å². The number of carbonyl (C=O) groups excluding carboxylic acids is 2. The molecule has 0 saturated carbocycles. The van der Waals surface area contributed by atoms with Gasteiger partial charge in [-0.3, -0.25) is 14.7 Å². The monoisotopic (exact) mass is 588 g/mol. The molecule has 2 aliphatic heterocycles. The largest absolute Gasteiger partial charge is 0.354 e. The normalized spacial score (nSPS) is 18.5. The van der Waals surface area contributed by atoms with Gasteiger partial charge in [-0.05, 0) is 90.5 Å². The quantitative estimate of drug-likeness (QED) is 0.508. The first kappa shape index (κ1) is 32.5. The van der Waals surface area contributed by atoms with Crippen LogP contribution in [0, 0.1) is 0 Å². The minimum Gasteiger partial charge on any atom is -0.338 e. The highest BCUT2D eigenvalue weighted by Crippen LogP contribution is 2.16. The second-order valence-corrected chi connectivity index (χ2v) is 11.7. The van der Waals surface area contributed by atoms with Crippen molar-refractivity contribution in [3.63, 3.8) is 0 Å². The summed E-state index contributed by atoms with van der Waals surface area (Å²) in [4.78, 5) is 50.1. The number of amides is 3. The van der Waals surface area contributed by atoms with Crippen molar-refractivity contribution < 1.29 is 9.59 Å². The number of urea groups is 1. The molecule has 1 aromatic heterocycles. The molecule has 0 spiro atoms. The Hall–Kier alpha value is -2.99. The third-order valence-corrected chi connectivity index (χ3v) is 7.90. The number of rotatable bonds is 7. The number of nitrogens with one attached hydrogen (secondary N) is 1. The summed E-state index contributed by atoms with van der Waals surface area (Å²) in [6.45, 7) is 8.24. The number of halogens is 1. The molecule has 0 aliphatic carbocycles. The highest BCUT2D eigenvalue weighted by Gasteiger charge is 2.31. The Kier molecular flexibility index (Phi) is 11.3. The average molecular weight is 589 g/mol. The van der Waals surface area contributed by atoms with Crippen LogP contribution >= 0.6 is 12.4 Å². The number of nitrogens with two attached hydrogens (primary N) is 1. The first-order valence-corrected chi connectivity index (χ1v) is 14.2. The molecule has 1 atom stereocenters. The summed E-state index contributed by atoms with van der Waals surface area (Å²) in [6.07, 6.45) is 6.30. The van der Waals surface area contributed by atoms with Crippen molar-refractivity contribution in [3.05, 3.63) is 52.6 Å². The van der Waals surface area contributed by atoms with Crippen molar-refractivity contribution in [2.75, 3.05) is 65.2 Å². The first-order chi connectivity index (χ1) is 19.0. The van der Waals surface area contributed by atoms with Gasteiger partial charge in [-0.1, -0.05) is 12.1 Å². The topological polar surface area (TPSA) is 120 Å². The third-order valence-electron chi connectivity index (χ3n) is 7.90. The fourth-order valence-electron chi connectivity index (χ4n) is 5.37. The van der Waals surface area contributed by atoms with Crippen LogP contribution in [0.3, 0.4) is 0 Å². The van der Waals surface area contributed by atoms with Gasteiger partial charge in [0.15, 0.2) is 0 Å². The molecule has 3 heterocycles. The van der Waals surface area contributed by atoms with Gasteiger partial charge < -0.3 is 25.3 Å². The molecule has 1 aromatic carbocycles. The number of hydrogen-bond acceptors (Lipinski definition) is 7. The van der Waals surface area contributed by atoms with Crippen LogP contribution in [-0.2, 0) is 11.2 Å². The lowest BCUT2D eigenvalue weighted by molar-refractivity contribution is -0.137. The number of anilines is 1. The van der Waals surface area contributed by atoms with Crippen molar-refractivity contribution in [3.8, 4) is 5.69 Å². The zero-order chi connectivity index (χ0) is 28.9. The van der Waals surface area contributed by atoms with Crippen molar-refractivity contribution in [1.82, 2.24) is 29.2 Å². The van der Waals surface area contributed by atoms with Crippen LogP contribution in [0.25, 0.3) is 5.69 Å². The molecule has 12 heteroatoms. The van der Waals surface area contributed by atoms with Gasteiger partial charge >= 0.3 is 11.7 Å². The molecule has 1 unspecified atom stereocenters. The highest BCUT2D eigenvalue weighted by molar-refractivity contribution is 5.89. The van der Waals surface area contributed by atoms with Crippen LogP contribution in [0.5, 0.6) is 0 Å². The highest BCUT2D eigenvalue weighted by atomic mass is 35.5. The molecule has 0 bridgehead atoms. The van der Waals surface area contributed by atoms with Gasteiger partial charge in [-0.15, -0.1) is 12.4 Å². The van der Waals surface area contributed by atoms with Crippen molar-refractivity contribution >= 4 is 30.2 Å². The summed E-state index contributed by atoms with van der Waals surface area (Å²) in [5, 5.41) is 2.70. The predicted octanol–water partition coefficient (Wildman–Crippen LogP) is 2.03. The van der Waals surface area contributed by atoms with E-state index in [2.05, 4.69) is 46.3 Å². The van der Waals surface area contributed by atoms with E-state index < -0.39 is 11.2 Å². The predicted molar refractivity (Wildman–Crippen MR) is 164 cm³/mol. The van der Waals surface area contributed by atoms with Crippen LogP contribution in [0.15, 0.2) is 41.3 Å². The summed E-state index contributed by atoms with van der Waals surface area (Å²) < 4.78 is 1.47. The van der Waals surface area contributed by atoms with Crippen molar-refractivity contribution in [1.29, 1.82) is 0 Å². The van der Waals surface area contributed by atoms with E-state index in [-0.39, 0.29) is 30.2 Å². The Morgan fingerprint density at radius 2 is 1.66 bits per heavy atom. The number of benzene rings is 1. The van der Waals surface area contributed by atoms with E-state index in [0.29, 0.717) is 32.2 Å². The molecule has 0 radical (unpaired) electrons. The van der Waals surface area contributed by atoms with Crippen LogP contribution in [0.1, 0.15) is 38.7 Å². The van der Waals surface area contributed by atoms with Gasteiger partial charge in [0.25, 0.3) is 0 Å². The lowest BCUT2D eigenvalue weighted by Gasteiger charge is -2.37. The van der Waals surface area contributed by atoms with Crippen LogP contribution < -0.4 is 16.7 Å². The standard InChI is InChI=1S/C29H44N8O3.ClH/c1-29(2,30)26(38)35-18-20-36(21-19-35)27(39)31-25-13-17-37(28(40)32-25)24-9-7-22(8-10-24)11-15-34-14-5-6-23(12-16-34)33(3)4;/h7-10,13,17,23H,5-6,11-12,14-16,18-21,30H2,1-4H3,(H,31,32,39,40);1H. The van der Waals surface area contributed by atoms with E-state index in [9.17, 15) is 14.4 Å². The molecule has 4 rings (SSSR count). The maximum absolute atomic E-state index is 12.8. The molecular formula is C29H45ClN8O3. The van der Waals surface area contributed by atoms with Gasteiger partial charge in [-0.25, -0.2) is 9.59 Å². The summed E-state index contributed by atoms with van der Waals surface area (Å²) in [7, 11) is 4.34. The number of hydrogen-bond donors (Lipinski definition) is 2. The molecule has 3 N–H and O–H groups in total. The maximum Gasteiger partial charge on any atom is 0.354 e. The summed E-state index contributed by atoms with van der Waals surface area (Å²) in [5.41, 5.74) is 6.47. The molecule has 3 amide bonds. The van der Waals surface area contributed by atoms with Crippen LogP contribution in [0.2, 0.25) is 0 Å².